The average Bonchev–Trinajstić information content (AvgIpc) is 3.20. The maximum Gasteiger partial charge on any atom is 0.205 e. The molecule has 2 aromatic heterocycles. The van der Waals surface area contributed by atoms with E-state index in [0.717, 1.165) is 16.9 Å². The predicted molar refractivity (Wildman–Crippen MR) is 141 cm³/mol. The van der Waals surface area contributed by atoms with Crippen LogP contribution in [-0.2, 0) is 0 Å². The Morgan fingerprint density at radius 3 is 2.40 bits per heavy atom. The second kappa shape index (κ2) is 9.30. The van der Waals surface area contributed by atoms with Crippen LogP contribution in [0.15, 0.2) is 72.8 Å². The van der Waals surface area contributed by atoms with Crippen molar-refractivity contribution in [2.24, 2.45) is 0 Å². The SMILES string of the molecule is COc1ccc(-c2cc(-c3c(F)cccc3Cl)c3c(N)c(C(=O)c4ccc(Cl)cc4)sc3n2)cc1. The maximum absolute atomic E-state index is 15.1. The molecule has 5 rings (SSSR count). The Kier molecular flexibility index (Phi) is 6.19. The number of rotatable bonds is 5. The third-order valence-electron chi connectivity index (χ3n) is 5.63. The molecular formula is C27H17Cl2FN2O2S. The molecular weight excluding hydrogens is 506 g/mol. The van der Waals surface area contributed by atoms with E-state index in [4.69, 9.17) is 38.7 Å². The van der Waals surface area contributed by atoms with Gasteiger partial charge in [-0.25, -0.2) is 9.37 Å². The van der Waals surface area contributed by atoms with Gasteiger partial charge in [0.05, 0.1) is 23.5 Å². The zero-order chi connectivity index (χ0) is 24.7. The van der Waals surface area contributed by atoms with E-state index in [2.05, 4.69) is 0 Å². The number of hydrogen-bond donors (Lipinski definition) is 1. The standard InChI is InChI=1S/C27H17Cl2FN2O2S/c1-34-17-11-7-14(8-12-17)21-13-18(22-19(29)3-2-4-20(22)30)23-24(31)26(35-27(23)32-21)25(33)15-5-9-16(28)10-6-15/h2-13H,31H2,1H3. The van der Waals surface area contributed by atoms with Crippen molar-refractivity contribution in [1.29, 1.82) is 0 Å². The van der Waals surface area contributed by atoms with Gasteiger partial charge in [0, 0.05) is 32.7 Å². The van der Waals surface area contributed by atoms with Gasteiger partial charge in [-0.05, 0) is 66.7 Å². The Bertz CT molecular complexity index is 1560. The number of aromatic nitrogens is 1. The molecule has 2 heterocycles. The van der Waals surface area contributed by atoms with Crippen molar-refractivity contribution in [2.45, 2.75) is 0 Å². The first-order valence-corrected chi connectivity index (χ1v) is 12.1. The summed E-state index contributed by atoms with van der Waals surface area (Å²) < 4.78 is 20.3. The van der Waals surface area contributed by atoms with E-state index >= 15 is 4.39 Å². The number of ketones is 1. The molecule has 0 aliphatic heterocycles. The van der Waals surface area contributed by atoms with Crippen LogP contribution in [0, 0.1) is 5.82 Å². The Morgan fingerprint density at radius 1 is 1.03 bits per heavy atom. The molecule has 0 saturated heterocycles. The minimum atomic E-state index is -0.498. The molecule has 0 radical (unpaired) electrons. The highest BCUT2D eigenvalue weighted by atomic mass is 35.5. The lowest BCUT2D eigenvalue weighted by Gasteiger charge is -2.11. The number of carbonyl (C=O) groups is 1. The van der Waals surface area contributed by atoms with Crippen molar-refractivity contribution in [3.05, 3.63) is 99.1 Å². The van der Waals surface area contributed by atoms with E-state index in [1.165, 1.54) is 12.1 Å². The molecule has 3 aromatic carbocycles. The van der Waals surface area contributed by atoms with Crippen LogP contribution in [0.3, 0.4) is 0 Å². The van der Waals surface area contributed by atoms with Gasteiger partial charge in [-0.2, -0.15) is 0 Å². The highest BCUT2D eigenvalue weighted by Gasteiger charge is 2.24. The van der Waals surface area contributed by atoms with Crippen LogP contribution < -0.4 is 10.5 Å². The number of ether oxygens (including phenoxy) is 1. The third kappa shape index (κ3) is 4.25. The fourth-order valence-corrected chi connectivity index (χ4v) is 5.36. The Morgan fingerprint density at radius 2 is 1.74 bits per heavy atom. The van der Waals surface area contributed by atoms with Crippen molar-refractivity contribution in [1.82, 2.24) is 4.98 Å². The summed E-state index contributed by atoms with van der Waals surface area (Å²) in [7, 11) is 1.59. The average molecular weight is 523 g/mol. The summed E-state index contributed by atoms with van der Waals surface area (Å²) in [4.78, 5) is 18.9. The number of nitrogens with two attached hydrogens (primary N) is 1. The van der Waals surface area contributed by atoms with E-state index < -0.39 is 5.82 Å². The van der Waals surface area contributed by atoms with Crippen molar-refractivity contribution in [3.8, 4) is 28.1 Å². The van der Waals surface area contributed by atoms with Gasteiger partial charge < -0.3 is 10.5 Å². The molecule has 0 amide bonds. The van der Waals surface area contributed by atoms with Gasteiger partial charge in [-0.1, -0.05) is 29.3 Å². The van der Waals surface area contributed by atoms with Crippen molar-refractivity contribution >= 4 is 56.2 Å². The normalized spacial score (nSPS) is 11.1. The molecule has 0 saturated carbocycles. The summed E-state index contributed by atoms with van der Waals surface area (Å²) in [6, 6.07) is 20.1. The van der Waals surface area contributed by atoms with Crippen LogP contribution in [0.2, 0.25) is 10.0 Å². The lowest BCUT2D eigenvalue weighted by atomic mass is 9.98. The molecule has 35 heavy (non-hydrogen) atoms. The fourth-order valence-electron chi connectivity index (χ4n) is 3.88. The molecule has 0 aliphatic carbocycles. The van der Waals surface area contributed by atoms with E-state index in [0.29, 0.717) is 42.7 Å². The smallest absolute Gasteiger partial charge is 0.205 e. The summed E-state index contributed by atoms with van der Waals surface area (Å²) in [6.45, 7) is 0. The minimum Gasteiger partial charge on any atom is -0.497 e. The van der Waals surface area contributed by atoms with Gasteiger partial charge in [0.15, 0.2) is 0 Å². The van der Waals surface area contributed by atoms with Crippen LogP contribution in [0.5, 0.6) is 5.75 Å². The lowest BCUT2D eigenvalue weighted by molar-refractivity contribution is 0.104. The van der Waals surface area contributed by atoms with E-state index in [1.807, 2.05) is 24.3 Å². The molecule has 0 bridgehead atoms. The predicted octanol–water partition coefficient (Wildman–Crippen LogP) is 7.90. The van der Waals surface area contributed by atoms with Crippen LogP contribution >= 0.6 is 34.5 Å². The number of carbonyl (C=O) groups excluding carboxylic acids is 1. The topological polar surface area (TPSA) is 65.2 Å². The van der Waals surface area contributed by atoms with E-state index in [1.54, 1.807) is 43.5 Å². The molecule has 4 nitrogen and oxygen atoms in total. The zero-order valence-corrected chi connectivity index (χ0v) is 20.6. The zero-order valence-electron chi connectivity index (χ0n) is 18.3. The van der Waals surface area contributed by atoms with Gasteiger partial charge in [0.2, 0.25) is 5.78 Å². The number of nitrogen functional groups attached to an aromatic ring is 1. The third-order valence-corrected chi connectivity index (χ3v) is 7.29. The van der Waals surface area contributed by atoms with Crippen molar-refractivity contribution < 1.29 is 13.9 Å². The summed E-state index contributed by atoms with van der Waals surface area (Å²) in [6.07, 6.45) is 0. The number of hydrogen-bond acceptors (Lipinski definition) is 5. The molecule has 0 spiro atoms. The van der Waals surface area contributed by atoms with E-state index in [-0.39, 0.29) is 22.1 Å². The van der Waals surface area contributed by atoms with E-state index in [9.17, 15) is 4.79 Å². The van der Waals surface area contributed by atoms with Crippen LogP contribution in [-0.4, -0.2) is 17.9 Å². The lowest BCUT2D eigenvalue weighted by Crippen LogP contribution is -2.02. The summed E-state index contributed by atoms with van der Waals surface area (Å²) in [5, 5.41) is 1.24. The molecule has 8 heteroatoms. The van der Waals surface area contributed by atoms with Gasteiger partial charge in [-0.3, -0.25) is 4.79 Å². The second-order valence-corrected chi connectivity index (χ2v) is 9.58. The van der Waals surface area contributed by atoms with Crippen molar-refractivity contribution in [2.75, 3.05) is 12.8 Å². The van der Waals surface area contributed by atoms with Gasteiger partial charge >= 0.3 is 0 Å². The first-order chi connectivity index (χ1) is 16.9. The number of pyridine rings is 1. The molecule has 0 aliphatic rings. The molecule has 0 unspecified atom stereocenters. The largest absolute Gasteiger partial charge is 0.497 e. The van der Waals surface area contributed by atoms with Crippen LogP contribution in [0.1, 0.15) is 15.2 Å². The van der Waals surface area contributed by atoms with Gasteiger partial charge in [0.1, 0.15) is 21.3 Å². The molecule has 0 fully saturated rings. The number of anilines is 1. The molecule has 5 aromatic rings. The monoisotopic (exact) mass is 522 g/mol. The molecule has 174 valence electrons. The minimum absolute atomic E-state index is 0.200. The first-order valence-electron chi connectivity index (χ1n) is 10.5. The summed E-state index contributed by atoms with van der Waals surface area (Å²) in [5.74, 6) is -0.0657. The van der Waals surface area contributed by atoms with Crippen LogP contribution in [0.4, 0.5) is 10.1 Å². The number of fused-ring (bicyclic) bond motifs is 1. The number of nitrogens with zero attached hydrogens (tertiary/aromatic N) is 1. The molecule has 2 N–H and O–H groups in total. The Hall–Kier alpha value is -3.45. The van der Waals surface area contributed by atoms with Crippen molar-refractivity contribution in [3.63, 3.8) is 0 Å². The summed E-state index contributed by atoms with van der Waals surface area (Å²) in [5.41, 5.74) is 9.22. The molecule has 0 atom stereocenters. The maximum atomic E-state index is 15.1. The Balaban J connectivity index is 1.77. The highest BCUT2D eigenvalue weighted by molar-refractivity contribution is 7.21. The summed E-state index contributed by atoms with van der Waals surface area (Å²) >= 11 is 13.6. The number of thiophene rings is 1. The first kappa shape index (κ1) is 23.3. The Labute approximate surface area is 214 Å². The highest BCUT2D eigenvalue weighted by Crippen LogP contribution is 2.44. The number of methoxy groups -OCH3 is 1. The second-order valence-electron chi connectivity index (χ2n) is 7.74. The van der Waals surface area contributed by atoms with Gasteiger partial charge in [-0.15, -0.1) is 11.3 Å². The quantitative estimate of drug-likeness (QED) is 0.238. The number of halogens is 3. The van der Waals surface area contributed by atoms with Crippen LogP contribution in [0.25, 0.3) is 32.6 Å². The number of benzene rings is 3. The fraction of sp³-hybridized carbons (Fsp3) is 0.0370. The van der Waals surface area contributed by atoms with Gasteiger partial charge in [0.25, 0.3) is 0 Å².